The maximum absolute atomic E-state index is 5.06. The molecule has 0 saturated carbocycles. The summed E-state index contributed by atoms with van der Waals surface area (Å²) in [6.07, 6.45) is 1.26. The third kappa shape index (κ3) is 10.7. The minimum absolute atomic E-state index is 0.0729. The summed E-state index contributed by atoms with van der Waals surface area (Å²) in [5.74, 6) is 3.00. The largest absolute Gasteiger partial charge is 0.381 e. The van der Waals surface area contributed by atoms with Crippen LogP contribution in [-0.2, 0) is 37.2 Å². The predicted octanol–water partition coefficient (Wildman–Crippen LogP) is 9.65. The number of nitrogens with zero attached hydrogens (tertiary/aromatic N) is 2. The van der Waals surface area contributed by atoms with Gasteiger partial charge in [0.05, 0.1) is 11.4 Å². The molecule has 232 valence electrons. The first-order valence-electron chi connectivity index (χ1n) is 15.4. The topological polar surface area (TPSA) is 66.6 Å². The normalized spacial score (nSPS) is 17.2. The zero-order valence-corrected chi connectivity index (χ0v) is 30.0. The number of hydrogen-bond donors (Lipinski definition) is 2. The van der Waals surface area contributed by atoms with Crippen molar-refractivity contribution in [3.05, 3.63) is 34.4 Å². The van der Waals surface area contributed by atoms with Crippen LogP contribution < -0.4 is 0 Å². The zero-order chi connectivity index (χ0) is 31.7. The Labute approximate surface area is 248 Å². The Kier molecular flexibility index (Phi) is 11.2. The summed E-state index contributed by atoms with van der Waals surface area (Å²) in [7, 11) is 0. The molecule has 0 radical (unpaired) electrons. The molecule has 3 heterocycles. The lowest BCUT2D eigenvalue weighted by Gasteiger charge is -2.24. The molecule has 2 aromatic heterocycles. The Balaban J connectivity index is 0.000000331. The Morgan fingerprint density at radius 3 is 0.975 bits per heavy atom. The molecule has 1 unspecified atom stereocenters. The van der Waals surface area contributed by atoms with E-state index in [1.807, 2.05) is 0 Å². The van der Waals surface area contributed by atoms with E-state index >= 15 is 0 Å². The summed E-state index contributed by atoms with van der Waals surface area (Å²) in [6.45, 7) is 44.2. The number of imidazole rings is 2. The van der Waals surface area contributed by atoms with Gasteiger partial charge in [-0.2, -0.15) is 0 Å². The average molecular weight is 559 g/mol. The van der Waals surface area contributed by atoms with E-state index in [2.05, 4.69) is 142 Å². The highest BCUT2D eigenvalue weighted by Gasteiger charge is 2.33. The monoisotopic (exact) mass is 559 g/mol. The van der Waals surface area contributed by atoms with E-state index in [1.54, 1.807) is 0 Å². The minimum Gasteiger partial charge on any atom is -0.381 e. The van der Waals surface area contributed by atoms with Crippen molar-refractivity contribution in [1.29, 1.82) is 0 Å². The van der Waals surface area contributed by atoms with E-state index in [1.165, 1.54) is 29.2 Å². The second-order valence-corrected chi connectivity index (χ2v) is 18.1. The van der Waals surface area contributed by atoms with E-state index in [0.717, 1.165) is 30.8 Å². The van der Waals surface area contributed by atoms with Gasteiger partial charge in [0.1, 0.15) is 11.6 Å². The standard InChI is InChI=1S/2C15H28N2.C5H10O/c2*1-13(2,3)10-11(14(4,5)6)17-12(16-10)15(7,8)9;1-5-2-3-6-4-5/h2*1-9H3,(H,16,17);5H,2-4H2,1H3. The van der Waals surface area contributed by atoms with Crippen molar-refractivity contribution in [3.63, 3.8) is 0 Å². The van der Waals surface area contributed by atoms with Crippen molar-refractivity contribution >= 4 is 0 Å². The fourth-order valence-electron chi connectivity index (χ4n) is 4.28. The predicted molar refractivity (Wildman–Crippen MR) is 174 cm³/mol. The van der Waals surface area contributed by atoms with Crippen LogP contribution in [0.1, 0.15) is 172 Å². The van der Waals surface area contributed by atoms with Crippen molar-refractivity contribution in [2.75, 3.05) is 13.2 Å². The maximum atomic E-state index is 5.06. The van der Waals surface area contributed by atoms with Crippen molar-refractivity contribution < 1.29 is 4.74 Å². The van der Waals surface area contributed by atoms with Gasteiger partial charge in [0.25, 0.3) is 0 Å². The van der Waals surface area contributed by atoms with E-state index in [4.69, 9.17) is 14.7 Å². The van der Waals surface area contributed by atoms with Crippen LogP contribution in [0.15, 0.2) is 0 Å². The molecular weight excluding hydrogens is 492 g/mol. The van der Waals surface area contributed by atoms with Gasteiger partial charge in [0, 0.05) is 57.1 Å². The Morgan fingerprint density at radius 1 is 0.525 bits per heavy atom. The van der Waals surface area contributed by atoms with Crippen LogP contribution in [0.5, 0.6) is 0 Å². The van der Waals surface area contributed by atoms with Crippen molar-refractivity contribution in [3.8, 4) is 0 Å². The van der Waals surface area contributed by atoms with Gasteiger partial charge < -0.3 is 14.7 Å². The second-order valence-electron chi connectivity index (χ2n) is 18.1. The Morgan fingerprint density at radius 2 is 0.850 bits per heavy atom. The minimum atomic E-state index is 0.0729. The summed E-state index contributed by atoms with van der Waals surface area (Å²) in [4.78, 5) is 16.8. The van der Waals surface area contributed by atoms with E-state index < -0.39 is 0 Å². The first-order valence-corrected chi connectivity index (χ1v) is 15.4. The maximum Gasteiger partial charge on any atom is 0.112 e. The van der Waals surface area contributed by atoms with Crippen molar-refractivity contribution in [1.82, 2.24) is 19.9 Å². The fraction of sp³-hybridized carbons (Fsp3) is 0.829. The lowest BCUT2D eigenvalue weighted by Crippen LogP contribution is -2.21. The molecule has 1 saturated heterocycles. The van der Waals surface area contributed by atoms with E-state index in [0.29, 0.717) is 0 Å². The summed E-state index contributed by atoms with van der Waals surface area (Å²) < 4.78 is 5.06. The first-order chi connectivity index (χ1) is 17.6. The smallest absolute Gasteiger partial charge is 0.112 e. The van der Waals surface area contributed by atoms with Crippen LogP contribution in [0.3, 0.4) is 0 Å². The summed E-state index contributed by atoms with van der Waals surface area (Å²) in [6, 6.07) is 0. The molecule has 1 aliphatic rings. The van der Waals surface area contributed by atoms with Gasteiger partial charge in [-0.1, -0.05) is 132 Å². The van der Waals surface area contributed by atoms with Crippen molar-refractivity contribution in [2.45, 2.75) is 170 Å². The van der Waals surface area contributed by atoms with Gasteiger partial charge in [-0.15, -0.1) is 0 Å². The molecule has 0 aliphatic carbocycles. The Hall–Kier alpha value is -1.62. The third-order valence-corrected chi connectivity index (χ3v) is 6.91. The number of hydrogen-bond acceptors (Lipinski definition) is 3. The molecule has 1 fully saturated rings. The summed E-state index contributed by atoms with van der Waals surface area (Å²) in [5.41, 5.74) is 5.49. The molecule has 0 spiro atoms. The van der Waals surface area contributed by atoms with E-state index in [9.17, 15) is 0 Å². The van der Waals surface area contributed by atoms with Crippen LogP contribution in [-0.4, -0.2) is 33.1 Å². The van der Waals surface area contributed by atoms with E-state index in [-0.39, 0.29) is 32.5 Å². The molecule has 2 N–H and O–H groups in total. The molecule has 1 atom stereocenters. The lowest BCUT2D eigenvalue weighted by molar-refractivity contribution is 0.188. The molecule has 3 rings (SSSR count). The van der Waals surface area contributed by atoms with Crippen LogP contribution in [0.25, 0.3) is 0 Å². The fourth-order valence-corrected chi connectivity index (χ4v) is 4.28. The van der Waals surface area contributed by atoms with Gasteiger partial charge in [-0.05, 0) is 12.3 Å². The van der Waals surface area contributed by atoms with Gasteiger partial charge in [0.2, 0.25) is 0 Å². The Bertz CT molecular complexity index is 913. The number of H-pyrrole nitrogens is 2. The summed E-state index contributed by atoms with van der Waals surface area (Å²) >= 11 is 0. The van der Waals surface area contributed by atoms with Gasteiger partial charge in [0.15, 0.2) is 0 Å². The highest BCUT2D eigenvalue weighted by atomic mass is 16.5. The molecule has 0 amide bonds. The van der Waals surface area contributed by atoms with Crippen LogP contribution >= 0.6 is 0 Å². The number of ether oxygens (including phenoxy) is 1. The van der Waals surface area contributed by atoms with Gasteiger partial charge in [-0.3, -0.25) is 0 Å². The van der Waals surface area contributed by atoms with Crippen molar-refractivity contribution in [2.24, 2.45) is 5.92 Å². The molecule has 1 aliphatic heterocycles. The number of aromatic nitrogens is 4. The molecule has 0 aromatic carbocycles. The molecular formula is C35H66N4O. The molecule has 5 nitrogen and oxygen atoms in total. The molecule has 40 heavy (non-hydrogen) atoms. The van der Waals surface area contributed by atoms with Gasteiger partial charge in [-0.25, -0.2) is 9.97 Å². The zero-order valence-electron chi connectivity index (χ0n) is 30.0. The highest BCUT2D eigenvalue weighted by Crippen LogP contribution is 2.35. The average Bonchev–Trinajstić information content (AvgIpc) is 3.44. The lowest BCUT2D eigenvalue weighted by atomic mass is 9.82. The van der Waals surface area contributed by atoms with Crippen LogP contribution in [0.2, 0.25) is 0 Å². The van der Waals surface area contributed by atoms with Gasteiger partial charge >= 0.3 is 0 Å². The SMILES string of the molecule is CC(C)(C)c1nc(C(C)(C)C)c(C(C)(C)C)[nH]1.CC(C)(C)c1nc(C(C)(C)C)c(C(C)(C)C)[nH]1.CC1CCOC1. The third-order valence-electron chi connectivity index (χ3n) is 6.91. The van der Waals surface area contributed by atoms with Crippen LogP contribution in [0, 0.1) is 5.92 Å². The highest BCUT2D eigenvalue weighted by molar-refractivity contribution is 5.30. The quantitative estimate of drug-likeness (QED) is 0.338. The summed E-state index contributed by atoms with van der Waals surface area (Å²) in [5, 5.41) is 0. The molecule has 0 bridgehead atoms. The number of rotatable bonds is 0. The number of nitrogens with one attached hydrogen (secondary N) is 2. The van der Waals surface area contributed by atoms with Crippen LogP contribution in [0.4, 0.5) is 0 Å². The first kappa shape index (κ1) is 36.4. The second kappa shape index (κ2) is 12.3. The number of aromatic amines is 2. The molecule has 5 heteroatoms. The molecule has 2 aromatic rings.